The highest BCUT2D eigenvalue weighted by Gasteiger charge is 2.26. The van der Waals surface area contributed by atoms with Crippen LogP contribution in [0, 0.1) is 26.7 Å². The first-order chi connectivity index (χ1) is 15.1. The summed E-state index contributed by atoms with van der Waals surface area (Å²) in [6.45, 7) is 12.9. The summed E-state index contributed by atoms with van der Waals surface area (Å²) in [7, 11) is 0. The molecule has 0 spiro atoms. The number of benzene rings is 1. The molecule has 2 aliphatic rings. The van der Waals surface area contributed by atoms with Crippen molar-refractivity contribution in [3.63, 3.8) is 0 Å². The first-order valence-electron chi connectivity index (χ1n) is 12.0. The van der Waals surface area contributed by atoms with E-state index in [9.17, 15) is 0 Å². The summed E-state index contributed by atoms with van der Waals surface area (Å²) >= 11 is 0. The van der Waals surface area contributed by atoms with Gasteiger partial charge >= 0.3 is 0 Å². The third-order valence-corrected chi connectivity index (χ3v) is 7.86. The molecule has 4 heteroatoms. The minimum Gasteiger partial charge on any atom is -0.370 e. The van der Waals surface area contributed by atoms with Crippen LogP contribution in [0.5, 0.6) is 0 Å². The van der Waals surface area contributed by atoms with Gasteiger partial charge in [-0.1, -0.05) is 18.2 Å². The fourth-order valence-corrected chi connectivity index (χ4v) is 5.74. The molecule has 2 saturated heterocycles. The zero-order valence-electron chi connectivity index (χ0n) is 19.3. The summed E-state index contributed by atoms with van der Waals surface area (Å²) in [5.41, 5.74) is 8.30. The van der Waals surface area contributed by atoms with Crippen LogP contribution in [-0.4, -0.2) is 47.0 Å². The van der Waals surface area contributed by atoms with Crippen LogP contribution in [0.25, 0.3) is 5.65 Å². The second-order valence-corrected chi connectivity index (χ2v) is 9.83. The molecular formula is C27H36N4. The highest BCUT2D eigenvalue weighted by molar-refractivity contribution is 5.58. The SMILES string of the molecule is Cc1cc2nccn2cc1N1CCC(CN2CCC(c3cccc(C)c3C)CC2)CC1. The van der Waals surface area contributed by atoms with Gasteiger partial charge in [0.25, 0.3) is 0 Å². The summed E-state index contributed by atoms with van der Waals surface area (Å²) in [6.07, 6.45) is 11.4. The Morgan fingerprint density at radius 2 is 1.71 bits per heavy atom. The van der Waals surface area contributed by atoms with E-state index in [0.29, 0.717) is 0 Å². The molecular weight excluding hydrogens is 380 g/mol. The molecule has 4 heterocycles. The quantitative estimate of drug-likeness (QED) is 0.572. The van der Waals surface area contributed by atoms with Gasteiger partial charge in [0, 0.05) is 38.2 Å². The van der Waals surface area contributed by atoms with Gasteiger partial charge in [-0.3, -0.25) is 0 Å². The van der Waals surface area contributed by atoms with Gasteiger partial charge in [-0.15, -0.1) is 0 Å². The lowest BCUT2D eigenvalue weighted by Gasteiger charge is -2.39. The maximum atomic E-state index is 4.42. The minimum absolute atomic E-state index is 0.749. The number of rotatable bonds is 4. The summed E-state index contributed by atoms with van der Waals surface area (Å²) in [6, 6.07) is 9.06. The van der Waals surface area contributed by atoms with Gasteiger partial charge in [-0.2, -0.15) is 0 Å². The van der Waals surface area contributed by atoms with Crippen molar-refractivity contribution in [2.75, 3.05) is 37.6 Å². The lowest BCUT2D eigenvalue weighted by atomic mass is 9.85. The monoisotopic (exact) mass is 416 g/mol. The molecule has 0 atom stereocenters. The topological polar surface area (TPSA) is 23.8 Å². The van der Waals surface area contributed by atoms with E-state index in [2.05, 4.69) is 70.4 Å². The van der Waals surface area contributed by atoms with E-state index in [-0.39, 0.29) is 0 Å². The van der Waals surface area contributed by atoms with Gasteiger partial charge in [0.2, 0.25) is 0 Å². The molecule has 0 saturated carbocycles. The number of nitrogens with zero attached hydrogens (tertiary/aromatic N) is 4. The number of imidazole rings is 1. The molecule has 5 rings (SSSR count). The van der Waals surface area contributed by atoms with Gasteiger partial charge in [0.05, 0.1) is 5.69 Å². The molecule has 31 heavy (non-hydrogen) atoms. The number of hydrogen-bond donors (Lipinski definition) is 0. The van der Waals surface area contributed by atoms with E-state index >= 15 is 0 Å². The molecule has 0 radical (unpaired) electrons. The van der Waals surface area contributed by atoms with E-state index in [1.165, 1.54) is 80.8 Å². The van der Waals surface area contributed by atoms with Gasteiger partial charge in [-0.05, 0) is 99.7 Å². The molecule has 164 valence electrons. The highest BCUT2D eigenvalue weighted by atomic mass is 15.2. The fourth-order valence-electron chi connectivity index (χ4n) is 5.74. The summed E-state index contributed by atoms with van der Waals surface area (Å²) in [5.74, 6) is 1.59. The zero-order valence-corrected chi connectivity index (χ0v) is 19.3. The van der Waals surface area contributed by atoms with Crippen LogP contribution in [0.1, 0.15) is 53.9 Å². The Kier molecular flexibility index (Phi) is 5.75. The average Bonchev–Trinajstić information content (AvgIpc) is 3.24. The summed E-state index contributed by atoms with van der Waals surface area (Å²) in [5, 5.41) is 0. The minimum atomic E-state index is 0.749. The number of likely N-dealkylation sites (tertiary alicyclic amines) is 1. The molecule has 4 nitrogen and oxygen atoms in total. The van der Waals surface area contributed by atoms with Crippen LogP contribution in [0.15, 0.2) is 42.9 Å². The van der Waals surface area contributed by atoms with Crippen LogP contribution < -0.4 is 4.90 Å². The number of pyridine rings is 1. The second-order valence-electron chi connectivity index (χ2n) is 9.83. The Morgan fingerprint density at radius 1 is 0.935 bits per heavy atom. The molecule has 0 bridgehead atoms. The smallest absolute Gasteiger partial charge is 0.137 e. The second kappa shape index (κ2) is 8.66. The Hall–Kier alpha value is -2.33. The van der Waals surface area contributed by atoms with E-state index in [0.717, 1.165) is 17.5 Å². The van der Waals surface area contributed by atoms with Gasteiger partial charge in [0.15, 0.2) is 0 Å². The zero-order chi connectivity index (χ0) is 21.4. The van der Waals surface area contributed by atoms with E-state index in [1.807, 2.05) is 12.4 Å². The Balaban J connectivity index is 1.14. The van der Waals surface area contributed by atoms with Crippen LogP contribution in [-0.2, 0) is 0 Å². The van der Waals surface area contributed by atoms with Crippen molar-refractivity contribution >= 4 is 11.3 Å². The molecule has 0 aliphatic carbocycles. The Labute approximate surface area is 186 Å². The number of hydrogen-bond acceptors (Lipinski definition) is 3. The third-order valence-electron chi connectivity index (χ3n) is 7.86. The molecule has 2 aliphatic heterocycles. The maximum absolute atomic E-state index is 4.42. The molecule has 3 aromatic rings. The maximum Gasteiger partial charge on any atom is 0.137 e. The number of fused-ring (bicyclic) bond motifs is 1. The number of aromatic nitrogens is 2. The van der Waals surface area contributed by atoms with Gasteiger partial charge in [0.1, 0.15) is 5.65 Å². The first-order valence-corrected chi connectivity index (χ1v) is 12.0. The van der Waals surface area contributed by atoms with Crippen molar-refractivity contribution in [1.82, 2.24) is 14.3 Å². The Morgan fingerprint density at radius 3 is 2.48 bits per heavy atom. The summed E-state index contributed by atoms with van der Waals surface area (Å²) < 4.78 is 2.15. The van der Waals surface area contributed by atoms with Crippen molar-refractivity contribution in [2.45, 2.75) is 52.4 Å². The lowest BCUT2D eigenvalue weighted by Crippen LogP contribution is -2.41. The third kappa shape index (κ3) is 4.23. The summed E-state index contributed by atoms with van der Waals surface area (Å²) in [4.78, 5) is 9.74. The fraction of sp³-hybridized carbons (Fsp3) is 0.519. The molecule has 0 amide bonds. The number of anilines is 1. The highest BCUT2D eigenvalue weighted by Crippen LogP contribution is 2.33. The predicted molar refractivity (Wildman–Crippen MR) is 129 cm³/mol. The van der Waals surface area contributed by atoms with Crippen LogP contribution >= 0.6 is 0 Å². The van der Waals surface area contributed by atoms with Gasteiger partial charge in [-0.25, -0.2) is 4.98 Å². The van der Waals surface area contributed by atoms with E-state index in [4.69, 9.17) is 0 Å². The van der Waals surface area contributed by atoms with Gasteiger partial charge < -0.3 is 14.2 Å². The molecule has 0 N–H and O–H groups in total. The van der Waals surface area contributed by atoms with Crippen molar-refractivity contribution < 1.29 is 0 Å². The normalized spacial score (nSPS) is 19.4. The Bertz CT molecular complexity index is 1040. The van der Waals surface area contributed by atoms with E-state index in [1.54, 1.807) is 5.56 Å². The largest absolute Gasteiger partial charge is 0.370 e. The van der Waals surface area contributed by atoms with Crippen molar-refractivity contribution in [1.29, 1.82) is 0 Å². The van der Waals surface area contributed by atoms with Crippen LogP contribution in [0.3, 0.4) is 0 Å². The van der Waals surface area contributed by atoms with Crippen molar-refractivity contribution in [3.8, 4) is 0 Å². The lowest BCUT2D eigenvalue weighted by molar-refractivity contribution is 0.170. The molecule has 0 unspecified atom stereocenters. The standard InChI is InChI=1S/C27H36N4/c1-20-5-4-6-25(22(20)3)24-9-12-29(13-10-24)18-23-7-14-30(15-8-23)26-19-31-16-11-28-27(31)17-21(26)2/h4-6,11,16-17,19,23-24H,7-10,12-15,18H2,1-3H3. The predicted octanol–water partition coefficient (Wildman–Crippen LogP) is 5.36. The number of aryl methyl sites for hydroxylation is 2. The number of piperidine rings is 2. The van der Waals surface area contributed by atoms with Crippen molar-refractivity contribution in [3.05, 3.63) is 65.1 Å². The molecule has 2 fully saturated rings. The van der Waals surface area contributed by atoms with Crippen LogP contribution in [0.4, 0.5) is 5.69 Å². The van der Waals surface area contributed by atoms with Crippen molar-refractivity contribution in [2.24, 2.45) is 5.92 Å². The first kappa shape index (κ1) is 20.6. The average molecular weight is 417 g/mol. The van der Waals surface area contributed by atoms with E-state index < -0.39 is 0 Å². The molecule has 1 aromatic carbocycles. The molecule has 2 aromatic heterocycles. The van der Waals surface area contributed by atoms with Crippen LogP contribution in [0.2, 0.25) is 0 Å².